The average molecular weight is 399 g/mol. The van der Waals surface area contributed by atoms with Gasteiger partial charge >= 0.3 is 5.97 Å². The molecule has 0 saturated carbocycles. The highest BCUT2D eigenvalue weighted by atomic mass is 16.5. The van der Waals surface area contributed by atoms with E-state index in [-0.39, 0.29) is 0 Å². The van der Waals surface area contributed by atoms with Gasteiger partial charge in [0.15, 0.2) is 0 Å². The van der Waals surface area contributed by atoms with Crippen molar-refractivity contribution in [3.63, 3.8) is 0 Å². The molecule has 30 heavy (non-hydrogen) atoms. The molecule has 4 rings (SSSR count). The Labute approximate surface area is 176 Å². The highest BCUT2D eigenvalue weighted by molar-refractivity contribution is 6.03. The largest absolute Gasteiger partial charge is 0.489 e. The maximum atomic E-state index is 11.8. The number of nitrogens with zero attached hydrogens (tertiary/aromatic N) is 1. The van der Waals surface area contributed by atoms with Crippen LogP contribution in [-0.4, -0.2) is 15.6 Å². The van der Waals surface area contributed by atoms with Gasteiger partial charge in [-0.3, -0.25) is 0 Å². The number of hydrogen-bond donors (Lipinski definition) is 1. The van der Waals surface area contributed by atoms with E-state index in [9.17, 15) is 9.90 Å². The third-order valence-electron chi connectivity index (χ3n) is 5.29. The molecule has 0 aliphatic rings. The highest BCUT2D eigenvalue weighted by Gasteiger charge is 2.15. The summed E-state index contributed by atoms with van der Waals surface area (Å²) in [7, 11) is 0. The second-order valence-corrected chi connectivity index (χ2v) is 7.44. The summed E-state index contributed by atoms with van der Waals surface area (Å²) in [5.74, 6) is -0.237. The maximum absolute atomic E-state index is 11.8. The molecule has 1 aromatic heterocycles. The van der Waals surface area contributed by atoms with Gasteiger partial charge in [-0.2, -0.15) is 0 Å². The van der Waals surface area contributed by atoms with Crippen molar-refractivity contribution in [3.05, 3.63) is 102 Å². The van der Waals surface area contributed by atoms with Crippen LogP contribution in [0.15, 0.2) is 85.1 Å². The number of aromatic carboxylic acids is 1. The van der Waals surface area contributed by atoms with E-state index in [2.05, 4.69) is 24.3 Å². The molecule has 0 bridgehead atoms. The first-order valence-corrected chi connectivity index (χ1v) is 10.3. The zero-order chi connectivity index (χ0) is 20.8. The number of carboxylic acids is 1. The molecule has 0 amide bonds. The lowest BCUT2D eigenvalue weighted by atomic mass is 10.1. The molecule has 152 valence electrons. The van der Waals surface area contributed by atoms with Crippen molar-refractivity contribution in [2.45, 2.75) is 32.4 Å². The Kier molecular flexibility index (Phi) is 6.14. The molecule has 0 aliphatic heterocycles. The van der Waals surface area contributed by atoms with E-state index >= 15 is 0 Å². The number of ether oxygens (including phenoxy) is 1. The minimum atomic E-state index is -0.914. The first kappa shape index (κ1) is 19.8. The fourth-order valence-electron chi connectivity index (χ4n) is 3.72. The molecule has 4 heteroatoms. The molecule has 1 N–H and O–H groups in total. The van der Waals surface area contributed by atoms with E-state index in [1.165, 1.54) is 5.56 Å². The summed E-state index contributed by atoms with van der Waals surface area (Å²) in [6, 6.07) is 26.1. The highest BCUT2D eigenvalue weighted by Crippen LogP contribution is 2.27. The third kappa shape index (κ3) is 4.71. The number of unbranched alkanes of at least 4 members (excludes halogenated alkanes) is 1. The van der Waals surface area contributed by atoms with E-state index in [0.29, 0.717) is 17.9 Å². The van der Waals surface area contributed by atoms with E-state index in [4.69, 9.17) is 4.74 Å². The minimum absolute atomic E-state index is 0.318. The molecular formula is C26H25NO3. The summed E-state index contributed by atoms with van der Waals surface area (Å²) in [6.07, 6.45) is 4.83. The molecule has 4 nitrogen and oxygen atoms in total. The summed E-state index contributed by atoms with van der Waals surface area (Å²) < 4.78 is 7.94. The summed E-state index contributed by atoms with van der Waals surface area (Å²) in [4.78, 5) is 11.8. The van der Waals surface area contributed by atoms with Crippen molar-refractivity contribution in [3.8, 4) is 5.75 Å². The molecule has 0 atom stereocenters. The Balaban J connectivity index is 1.46. The van der Waals surface area contributed by atoms with Crippen LogP contribution in [0.2, 0.25) is 0 Å². The predicted octanol–water partition coefficient (Wildman–Crippen LogP) is 5.94. The van der Waals surface area contributed by atoms with Gasteiger partial charge in [-0.05, 0) is 48.6 Å². The molecule has 4 aromatic rings. The number of aryl methyl sites for hydroxylation is 2. The van der Waals surface area contributed by atoms with Crippen LogP contribution in [0.4, 0.5) is 0 Å². The Bertz CT molecular complexity index is 1120. The Morgan fingerprint density at radius 3 is 2.27 bits per heavy atom. The molecule has 0 unspecified atom stereocenters. The van der Waals surface area contributed by atoms with E-state index < -0.39 is 5.97 Å². The second-order valence-electron chi connectivity index (χ2n) is 7.44. The monoisotopic (exact) mass is 399 g/mol. The van der Waals surface area contributed by atoms with Crippen LogP contribution in [-0.2, 0) is 19.6 Å². The van der Waals surface area contributed by atoms with Crippen LogP contribution < -0.4 is 4.74 Å². The number of fused-ring (bicyclic) bond motifs is 1. The van der Waals surface area contributed by atoms with Crippen molar-refractivity contribution < 1.29 is 14.6 Å². The number of carboxylic acid groups (broad SMARTS) is 1. The standard InChI is InChI=1S/C26H25NO3/c28-26(29)24-18-27(16-8-7-11-20-9-3-1-4-10-20)25-15-14-22(17-23(24)25)30-19-21-12-5-2-6-13-21/h1-6,9-10,12-15,17-18H,7-8,11,16,19H2,(H,28,29). The van der Waals surface area contributed by atoms with Crippen LogP contribution in [0.1, 0.15) is 34.3 Å². The van der Waals surface area contributed by atoms with E-state index in [0.717, 1.165) is 42.3 Å². The zero-order valence-corrected chi connectivity index (χ0v) is 16.8. The summed E-state index contributed by atoms with van der Waals surface area (Å²) in [5.41, 5.74) is 3.66. The van der Waals surface area contributed by atoms with Crippen molar-refractivity contribution in [2.75, 3.05) is 0 Å². The normalized spacial score (nSPS) is 10.9. The first-order chi connectivity index (χ1) is 14.7. The van der Waals surface area contributed by atoms with Gasteiger partial charge in [-0.25, -0.2) is 4.79 Å². The average Bonchev–Trinajstić information content (AvgIpc) is 3.15. The van der Waals surface area contributed by atoms with Gasteiger partial charge in [0.2, 0.25) is 0 Å². The third-order valence-corrected chi connectivity index (χ3v) is 5.29. The fraction of sp³-hybridized carbons (Fsp3) is 0.192. The lowest BCUT2D eigenvalue weighted by Gasteiger charge is -2.08. The lowest BCUT2D eigenvalue weighted by Crippen LogP contribution is -1.98. The van der Waals surface area contributed by atoms with Crippen molar-refractivity contribution in [2.24, 2.45) is 0 Å². The van der Waals surface area contributed by atoms with Crippen LogP contribution >= 0.6 is 0 Å². The zero-order valence-electron chi connectivity index (χ0n) is 16.8. The first-order valence-electron chi connectivity index (χ1n) is 10.3. The Morgan fingerprint density at radius 2 is 1.57 bits per heavy atom. The smallest absolute Gasteiger partial charge is 0.337 e. The van der Waals surface area contributed by atoms with Crippen molar-refractivity contribution in [1.82, 2.24) is 4.57 Å². The van der Waals surface area contributed by atoms with Crippen molar-refractivity contribution in [1.29, 1.82) is 0 Å². The fourth-order valence-corrected chi connectivity index (χ4v) is 3.72. The van der Waals surface area contributed by atoms with Gasteiger partial charge in [0, 0.05) is 23.6 Å². The Hall–Kier alpha value is -3.53. The molecule has 0 spiro atoms. The molecule has 0 saturated heterocycles. The SMILES string of the molecule is O=C(O)c1cn(CCCCc2ccccc2)c2ccc(OCc3ccccc3)cc12. The van der Waals surface area contributed by atoms with Crippen LogP contribution in [0.5, 0.6) is 5.75 Å². The van der Waals surface area contributed by atoms with Crippen molar-refractivity contribution >= 4 is 16.9 Å². The molecule has 0 radical (unpaired) electrons. The topological polar surface area (TPSA) is 51.5 Å². The van der Waals surface area contributed by atoms with Gasteiger partial charge in [-0.15, -0.1) is 0 Å². The molecule has 3 aromatic carbocycles. The van der Waals surface area contributed by atoms with Gasteiger partial charge in [-0.1, -0.05) is 60.7 Å². The van der Waals surface area contributed by atoms with E-state index in [1.54, 1.807) is 6.20 Å². The van der Waals surface area contributed by atoms with Crippen LogP contribution in [0.3, 0.4) is 0 Å². The molecular weight excluding hydrogens is 374 g/mol. The number of hydrogen-bond acceptors (Lipinski definition) is 2. The number of rotatable bonds is 9. The van der Waals surface area contributed by atoms with Crippen LogP contribution in [0, 0.1) is 0 Å². The molecule has 1 heterocycles. The quantitative estimate of drug-likeness (QED) is 0.354. The molecule has 0 aliphatic carbocycles. The van der Waals surface area contributed by atoms with Gasteiger partial charge < -0.3 is 14.4 Å². The number of benzene rings is 3. The van der Waals surface area contributed by atoms with E-state index in [1.807, 2.05) is 59.2 Å². The second kappa shape index (κ2) is 9.31. The summed E-state index contributed by atoms with van der Waals surface area (Å²) in [5, 5.41) is 10.4. The maximum Gasteiger partial charge on any atom is 0.337 e. The number of carbonyl (C=O) groups is 1. The minimum Gasteiger partial charge on any atom is -0.489 e. The van der Waals surface area contributed by atoms with Gasteiger partial charge in [0.25, 0.3) is 0 Å². The summed E-state index contributed by atoms with van der Waals surface area (Å²) >= 11 is 0. The summed E-state index contributed by atoms with van der Waals surface area (Å²) in [6.45, 7) is 1.25. The lowest BCUT2D eigenvalue weighted by molar-refractivity contribution is 0.0698. The van der Waals surface area contributed by atoms with Crippen LogP contribution in [0.25, 0.3) is 10.9 Å². The predicted molar refractivity (Wildman–Crippen MR) is 119 cm³/mol. The van der Waals surface area contributed by atoms with Gasteiger partial charge in [0.05, 0.1) is 5.56 Å². The number of aromatic nitrogens is 1. The van der Waals surface area contributed by atoms with Gasteiger partial charge in [0.1, 0.15) is 12.4 Å². The molecule has 0 fully saturated rings. The Morgan fingerprint density at radius 1 is 0.867 bits per heavy atom.